The van der Waals surface area contributed by atoms with Crippen molar-refractivity contribution in [2.75, 3.05) is 27.9 Å². The number of ether oxygens (including phenoxy) is 3. The lowest BCUT2D eigenvalue weighted by Crippen LogP contribution is -2.34. The fourth-order valence-electron chi connectivity index (χ4n) is 2.30. The van der Waals surface area contributed by atoms with Crippen molar-refractivity contribution in [1.29, 1.82) is 0 Å². The molecule has 0 saturated heterocycles. The molecule has 0 aliphatic rings. The van der Waals surface area contributed by atoms with E-state index in [-0.39, 0.29) is 12.6 Å². The van der Waals surface area contributed by atoms with Crippen molar-refractivity contribution < 1.29 is 19.3 Å². The molecule has 5 heteroatoms. The Morgan fingerprint density at radius 1 is 1.05 bits per heavy atom. The number of benzene rings is 1. The number of aliphatic hydroxyl groups is 1. The molecular formula is C16H27NO4. The van der Waals surface area contributed by atoms with Crippen LogP contribution in [0.25, 0.3) is 0 Å². The fourth-order valence-corrected chi connectivity index (χ4v) is 2.30. The van der Waals surface area contributed by atoms with E-state index >= 15 is 0 Å². The highest BCUT2D eigenvalue weighted by Crippen LogP contribution is 2.38. The highest BCUT2D eigenvalue weighted by Gasteiger charge is 2.15. The minimum atomic E-state index is 0.186. The number of hydrogen-bond donors (Lipinski definition) is 2. The van der Waals surface area contributed by atoms with E-state index < -0.39 is 0 Å². The standard InChI is InChI=1S/C16H27NO4/c1-11(2)13(6-7-18)17-10-12-8-14(19-3)16(21-5)15(9-12)20-4/h8-9,11,13,17-18H,6-7,10H2,1-5H3. The topological polar surface area (TPSA) is 60.0 Å². The molecule has 0 amide bonds. The zero-order chi connectivity index (χ0) is 15.8. The molecule has 0 bridgehead atoms. The average molecular weight is 297 g/mol. The van der Waals surface area contributed by atoms with Gasteiger partial charge >= 0.3 is 0 Å². The normalized spacial score (nSPS) is 12.3. The van der Waals surface area contributed by atoms with Crippen LogP contribution in [0, 0.1) is 5.92 Å². The quantitative estimate of drug-likeness (QED) is 0.732. The van der Waals surface area contributed by atoms with Crippen LogP contribution in [0.4, 0.5) is 0 Å². The number of hydrogen-bond acceptors (Lipinski definition) is 5. The Bertz CT molecular complexity index is 409. The highest BCUT2D eigenvalue weighted by molar-refractivity contribution is 5.53. The molecule has 2 N–H and O–H groups in total. The predicted molar refractivity (Wildman–Crippen MR) is 83.3 cm³/mol. The van der Waals surface area contributed by atoms with Gasteiger partial charge in [0.25, 0.3) is 0 Å². The maximum absolute atomic E-state index is 9.12. The van der Waals surface area contributed by atoms with Crippen molar-refractivity contribution in [3.05, 3.63) is 17.7 Å². The lowest BCUT2D eigenvalue weighted by Gasteiger charge is -2.22. The first-order valence-electron chi connectivity index (χ1n) is 7.20. The smallest absolute Gasteiger partial charge is 0.203 e. The molecule has 0 aromatic heterocycles. The van der Waals surface area contributed by atoms with Gasteiger partial charge in [0.15, 0.2) is 11.5 Å². The van der Waals surface area contributed by atoms with Gasteiger partial charge in [-0.25, -0.2) is 0 Å². The highest BCUT2D eigenvalue weighted by atomic mass is 16.5. The van der Waals surface area contributed by atoms with E-state index in [0.29, 0.717) is 29.7 Å². The van der Waals surface area contributed by atoms with Crippen LogP contribution in [0.3, 0.4) is 0 Å². The van der Waals surface area contributed by atoms with E-state index in [4.69, 9.17) is 19.3 Å². The summed E-state index contributed by atoms with van der Waals surface area (Å²) in [6.45, 7) is 5.15. The van der Waals surface area contributed by atoms with Crippen LogP contribution in [0.1, 0.15) is 25.8 Å². The van der Waals surface area contributed by atoms with Crippen LogP contribution >= 0.6 is 0 Å². The third kappa shape index (κ3) is 4.79. The van der Waals surface area contributed by atoms with Crippen LogP contribution in [-0.2, 0) is 6.54 Å². The Hall–Kier alpha value is -1.46. The summed E-state index contributed by atoms with van der Waals surface area (Å²) in [5, 5.41) is 12.6. The zero-order valence-electron chi connectivity index (χ0n) is 13.6. The van der Waals surface area contributed by atoms with Gasteiger partial charge in [0.2, 0.25) is 5.75 Å². The molecule has 120 valence electrons. The molecule has 1 aromatic rings. The van der Waals surface area contributed by atoms with Crippen molar-refractivity contribution >= 4 is 0 Å². The van der Waals surface area contributed by atoms with Crippen LogP contribution in [0.5, 0.6) is 17.2 Å². The van der Waals surface area contributed by atoms with Gasteiger partial charge in [-0.2, -0.15) is 0 Å². The summed E-state index contributed by atoms with van der Waals surface area (Å²) in [4.78, 5) is 0. The minimum Gasteiger partial charge on any atom is -0.493 e. The molecule has 0 spiro atoms. The van der Waals surface area contributed by atoms with E-state index in [1.54, 1.807) is 21.3 Å². The molecule has 5 nitrogen and oxygen atoms in total. The number of nitrogens with one attached hydrogen (secondary N) is 1. The Labute approximate surface area is 127 Å². The fraction of sp³-hybridized carbons (Fsp3) is 0.625. The van der Waals surface area contributed by atoms with Gasteiger partial charge in [0.1, 0.15) is 0 Å². The van der Waals surface area contributed by atoms with Gasteiger partial charge in [-0.1, -0.05) is 13.8 Å². The van der Waals surface area contributed by atoms with Gasteiger partial charge in [-0.3, -0.25) is 0 Å². The summed E-state index contributed by atoms with van der Waals surface area (Å²) in [5.74, 6) is 2.35. The van der Waals surface area contributed by atoms with Crippen molar-refractivity contribution in [3.8, 4) is 17.2 Å². The van der Waals surface area contributed by atoms with E-state index in [0.717, 1.165) is 12.0 Å². The monoisotopic (exact) mass is 297 g/mol. The summed E-state index contributed by atoms with van der Waals surface area (Å²) in [6, 6.07) is 4.14. The summed E-state index contributed by atoms with van der Waals surface area (Å²) in [7, 11) is 4.81. The first kappa shape index (κ1) is 17.6. The molecule has 1 rings (SSSR count). The van der Waals surface area contributed by atoms with Crippen LogP contribution < -0.4 is 19.5 Å². The van der Waals surface area contributed by atoms with Crippen LogP contribution in [0.15, 0.2) is 12.1 Å². The molecule has 0 aliphatic heterocycles. The number of aliphatic hydroxyl groups excluding tert-OH is 1. The van der Waals surface area contributed by atoms with E-state index in [1.165, 1.54) is 0 Å². The second-order valence-electron chi connectivity index (χ2n) is 5.28. The molecule has 1 aromatic carbocycles. The van der Waals surface area contributed by atoms with Gasteiger partial charge < -0.3 is 24.6 Å². The van der Waals surface area contributed by atoms with Crippen molar-refractivity contribution in [2.24, 2.45) is 5.92 Å². The summed E-state index contributed by atoms with van der Waals surface area (Å²) >= 11 is 0. The first-order chi connectivity index (χ1) is 10.1. The zero-order valence-corrected chi connectivity index (χ0v) is 13.6. The van der Waals surface area contributed by atoms with Crippen LogP contribution in [-0.4, -0.2) is 39.1 Å². The number of methoxy groups -OCH3 is 3. The maximum atomic E-state index is 9.12. The molecule has 1 atom stereocenters. The Morgan fingerprint density at radius 3 is 2.00 bits per heavy atom. The predicted octanol–water partition coefficient (Wildman–Crippen LogP) is 2.21. The van der Waals surface area contributed by atoms with E-state index in [1.807, 2.05) is 12.1 Å². The van der Waals surface area contributed by atoms with Crippen molar-refractivity contribution in [3.63, 3.8) is 0 Å². The Kier molecular flexibility index (Phi) is 7.32. The third-order valence-electron chi connectivity index (χ3n) is 3.54. The van der Waals surface area contributed by atoms with Gasteiger partial charge in [0.05, 0.1) is 21.3 Å². The molecule has 0 radical (unpaired) electrons. The Morgan fingerprint density at radius 2 is 1.62 bits per heavy atom. The molecule has 0 saturated carbocycles. The summed E-state index contributed by atoms with van der Waals surface area (Å²) < 4.78 is 16.0. The molecule has 1 unspecified atom stereocenters. The van der Waals surface area contributed by atoms with Gasteiger partial charge in [-0.15, -0.1) is 0 Å². The second-order valence-corrected chi connectivity index (χ2v) is 5.28. The summed E-state index contributed by atoms with van der Waals surface area (Å²) in [6.07, 6.45) is 0.738. The molecule has 0 heterocycles. The first-order valence-corrected chi connectivity index (χ1v) is 7.20. The maximum Gasteiger partial charge on any atom is 0.203 e. The lowest BCUT2D eigenvalue weighted by atomic mass is 10.0. The summed E-state index contributed by atoms with van der Waals surface area (Å²) in [5.41, 5.74) is 1.05. The SMILES string of the molecule is COc1cc(CNC(CCO)C(C)C)cc(OC)c1OC. The van der Waals surface area contributed by atoms with Gasteiger partial charge in [-0.05, 0) is 30.0 Å². The van der Waals surface area contributed by atoms with E-state index in [9.17, 15) is 0 Å². The molecule has 0 aliphatic carbocycles. The average Bonchev–Trinajstić information content (AvgIpc) is 2.49. The Balaban J connectivity index is 2.88. The van der Waals surface area contributed by atoms with E-state index in [2.05, 4.69) is 19.2 Å². The molecular weight excluding hydrogens is 270 g/mol. The second kappa shape index (κ2) is 8.74. The number of rotatable bonds is 9. The van der Waals surface area contributed by atoms with Crippen molar-refractivity contribution in [2.45, 2.75) is 32.9 Å². The lowest BCUT2D eigenvalue weighted by molar-refractivity contribution is 0.243. The molecule has 0 fully saturated rings. The largest absolute Gasteiger partial charge is 0.493 e. The molecule has 21 heavy (non-hydrogen) atoms. The van der Waals surface area contributed by atoms with Crippen LogP contribution in [0.2, 0.25) is 0 Å². The van der Waals surface area contributed by atoms with Gasteiger partial charge in [0, 0.05) is 19.2 Å². The third-order valence-corrected chi connectivity index (χ3v) is 3.54. The minimum absolute atomic E-state index is 0.186. The van der Waals surface area contributed by atoms with Crippen molar-refractivity contribution in [1.82, 2.24) is 5.32 Å².